The second kappa shape index (κ2) is 6.23. The zero-order valence-electron chi connectivity index (χ0n) is 12.3. The summed E-state index contributed by atoms with van der Waals surface area (Å²) < 4.78 is 0. The second-order valence-electron chi connectivity index (χ2n) is 5.86. The smallest absolute Gasteiger partial charge is 0.223 e. The van der Waals surface area contributed by atoms with Crippen LogP contribution in [0.4, 0.5) is 0 Å². The second-order valence-corrected chi connectivity index (χ2v) is 5.86. The van der Waals surface area contributed by atoms with Crippen LogP contribution in [0.25, 0.3) is 0 Å². The van der Waals surface area contributed by atoms with Crippen LogP contribution in [-0.4, -0.2) is 5.91 Å². The third kappa shape index (κ3) is 3.37. The third-order valence-electron chi connectivity index (χ3n) is 4.02. The van der Waals surface area contributed by atoms with Gasteiger partial charge in [-0.2, -0.15) is 0 Å². The van der Waals surface area contributed by atoms with E-state index in [2.05, 4.69) is 30.4 Å². The number of fused-ring (bicyclic) bond motifs is 1. The quantitative estimate of drug-likeness (QED) is 0.875. The van der Waals surface area contributed by atoms with Gasteiger partial charge in [-0.05, 0) is 48.8 Å². The maximum atomic E-state index is 11.9. The summed E-state index contributed by atoms with van der Waals surface area (Å²) in [6.45, 7) is 6.01. The Kier molecular flexibility index (Phi) is 4.62. The molecule has 19 heavy (non-hydrogen) atoms. The summed E-state index contributed by atoms with van der Waals surface area (Å²) in [5, 5.41) is 3.15. The number of nitrogens with one attached hydrogen (secondary N) is 1. The number of carbonyl (C=O) groups is 1. The highest BCUT2D eigenvalue weighted by molar-refractivity contribution is 5.78. The van der Waals surface area contributed by atoms with Gasteiger partial charge < -0.3 is 5.32 Å². The van der Waals surface area contributed by atoms with Crippen LogP contribution >= 0.6 is 0 Å². The van der Waals surface area contributed by atoms with Crippen LogP contribution in [0.15, 0.2) is 18.2 Å². The molecule has 2 nitrogen and oxygen atoms in total. The maximum absolute atomic E-state index is 11.9. The summed E-state index contributed by atoms with van der Waals surface area (Å²) >= 11 is 0. The van der Waals surface area contributed by atoms with Gasteiger partial charge in [-0.25, -0.2) is 0 Å². The average molecular weight is 259 g/mol. The monoisotopic (exact) mass is 259 g/mol. The normalized spacial score (nSPS) is 16.0. The maximum Gasteiger partial charge on any atom is 0.223 e. The lowest BCUT2D eigenvalue weighted by Gasteiger charge is -2.22. The summed E-state index contributed by atoms with van der Waals surface area (Å²) in [4.78, 5) is 11.9. The van der Waals surface area contributed by atoms with Gasteiger partial charge in [-0.1, -0.05) is 39.0 Å². The summed E-state index contributed by atoms with van der Waals surface area (Å²) in [5.41, 5.74) is 4.25. The molecule has 0 saturated heterocycles. The van der Waals surface area contributed by atoms with Crippen molar-refractivity contribution in [1.29, 1.82) is 0 Å². The molecule has 0 heterocycles. The van der Waals surface area contributed by atoms with Crippen LogP contribution in [0.1, 0.15) is 62.8 Å². The van der Waals surface area contributed by atoms with E-state index in [1.54, 1.807) is 0 Å². The molecule has 104 valence electrons. The lowest BCUT2D eigenvalue weighted by atomic mass is 9.88. The zero-order valence-corrected chi connectivity index (χ0v) is 12.3. The Labute approximate surface area is 116 Å². The number of benzene rings is 1. The number of hydrogen-bond acceptors (Lipinski definition) is 1. The molecule has 0 radical (unpaired) electrons. The van der Waals surface area contributed by atoms with Crippen molar-refractivity contribution < 1.29 is 4.79 Å². The van der Waals surface area contributed by atoms with Gasteiger partial charge in [0.2, 0.25) is 5.91 Å². The Morgan fingerprint density at radius 1 is 1.21 bits per heavy atom. The van der Waals surface area contributed by atoms with E-state index < -0.39 is 0 Å². The fraction of sp³-hybridized carbons (Fsp3) is 0.588. The fourth-order valence-corrected chi connectivity index (χ4v) is 2.73. The van der Waals surface area contributed by atoms with Gasteiger partial charge in [0.05, 0.1) is 6.04 Å². The molecule has 1 amide bonds. The van der Waals surface area contributed by atoms with E-state index in [0.717, 1.165) is 6.42 Å². The number of aryl methyl sites for hydroxylation is 2. The average Bonchev–Trinajstić information content (AvgIpc) is 2.43. The molecule has 1 aromatic rings. The van der Waals surface area contributed by atoms with Gasteiger partial charge in [0.1, 0.15) is 0 Å². The van der Waals surface area contributed by atoms with Crippen LogP contribution in [0.5, 0.6) is 0 Å². The molecule has 2 heteroatoms. The summed E-state index contributed by atoms with van der Waals surface area (Å²) in [7, 11) is 0. The summed E-state index contributed by atoms with van der Waals surface area (Å²) in [5.74, 6) is 0.191. The van der Waals surface area contributed by atoms with Crippen molar-refractivity contribution in [3.8, 4) is 0 Å². The predicted molar refractivity (Wildman–Crippen MR) is 79.1 cm³/mol. The Balaban J connectivity index is 2.16. The molecular weight excluding hydrogens is 234 g/mol. The molecule has 2 rings (SSSR count). The SMILES string of the molecule is CCC(NC(=O)C(C)C)c1ccc2c(c1)CCCC2. The minimum absolute atomic E-state index is 0.0478. The van der Waals surface area contributed by atoms with E-state index in [4.69, 9.17) is 0 Å². The lowest BCUT2D eigenvalue weighted by molar-refractivity contribution is -0.124. The first kappa shape index (κ1) is 14.1. The molecule has 1 atom stereocenters. The van der Waals surface area contributed by atoms with Gasteiger partial charge in [-0.3, -0.25) is 4.79 Å². The van der Waals surface area contributed by atoms with E-state index in [-0.39, 0.29) is 17.9 Å². The number of carbonyl (C=O) groups excluding carboxylic acids is 1. The van der Waals surface area contributed by atoms with Crippen LogP contribution in [0.2, 0.25) is 0 Å². The van der Waals surface area contributed by atoms with E-state index in [9.17, 15) is 4.79 Å². The Morgan fingerprint density at radius 3 is 2.53 bits per heavy atom. The molecule has 0 bridgehead atoms. The van der Waals surface area contributed by atoms with Gasteiger partial charge in [0.15, 0.2) is 0 Å². The van der Waals surface area contributed by atoms with E-state index >= 15 is 0 Å². The van der Waals surface area contributed by atoms with Crippen molar-refractivity contribution in [3.05, 3.63) is 34.9 Å². The fourth-order valence-electron chi connectivity index (χ4n) is 2.73. The van der Waals surface area contributed by atoms with Gasteiger partial charge in [0, 0.05) is 5.92 Å². The zero-order chi connectivity index (χ0) is 13.8. The highest BCUT2D eigenvalue weighted by atomic mass is 16.1. The molecule has 1 unspecified atom stereocenters. The highest BCUT2D eigenvalue weighted by Gasteiger charge is 2.17. The molecule has 0 fully saturated rings. The Hall–Kier alpha value is -1.31. The van der Waals surface area contributed by atoms with E-state index in [0.29, 0.717) is 0 Å². The molecule has 0 aromatic heterocycles. The number of amides is 1. The summed E-state index contributed by atoms with van der Waals surface area (Å²) in [6, 6.07) is 6.91. The Morgan fingerprint density at radius 2 is 1.89 bits per heavy atom. The molecule has 0 aliphatic heterocycles. The molecule has 0 spiro atoms. The predicted octanol–water partition coefficient (Wildman–Crippen LogP) is 3.79. The standard InChI is InChI=1S/C17H25NO/c1-4-16(18-17(19)12(2)3)15-10-9-13-7-5-6-8-14(13)11-15/h9-12,16H,4-8H2,1-3H3,(H,18,19). The number of rotatable bonds is 4. The molecule has 1 aromatic carbocycles. The number of hydrogen-bond donors (Lipinski definition) is 1. The molecule has 1 aliphatic carbocycles. The van der Waals surface area contributed by atoms with Crippen molar-refractivity contribution in [2.75, 3.05) is 0 Å². The van der Waals surface area contributed by atoms with Crippen molar-refractivity contribution >= 4 is 5.91 Å². The van der Waals surface area contributed by atoms with Crippen molar-refractivity contribution in [2.45, 2.75) is 58.9 Å². The van der Waals surface area contributed by atoms with Crippen molar-refractivity contribution in [1.82, 2.24) is 5.32 Å². The molecule has 1 N–H and O–H groups in total. The van der Waals surface area contributed by atoms with Crippen molar-refractivity contribution in [2.24, 2.45) is 5.92 Å². The summed E-state index contributed by atoms with van der Waals surface area (Å²) in [6.07, 6.45) is 5.96. The van der Waals surface area contributed by atoms with E-state index in [1.165, 1.54) is 42.4 Å². The third-order valence-corrected chi connectivity index (χ3v) is 4.02. The first-order valence-corrected chi connectivity index (χ1v) is 7.54. The minimum Gasteiger partial charge on any atom is -0.349 e. The van der Waals surface area contributed by atoms with Crippen LogP contribution < -0.4 is 5.32 Å². The topological polar surface area (TPSA) is 29.1 Å². The Bertz CT molecular complexity index is 451. The first-order chi connectivity index (χ1) is 9.11. The largest absolute Gasteiger partial charge is 0.349 e. The van der Waals surface area contributed by atoms with Crippen LogP contribution in [0.3, 0.4) is 0 Å². The van der Waals surface area contributed by atoms with Crippen LogP contribution in [0, 0.1) is 5.92 Å². The minimum atomic E-state index is 0.0478. The molecule has 0 saturated carbocycles. The van der Waals surface area contributed by atoms with Gasteiger partial charge in [0.25, 0.3) is 0 Å². The lowest BCUT2D eigenvalue weighted by Crippen LogP contribution is -2.31. The van der Waals surface area contributed by atoms with E-state index in [1.807, 2.05) is 13.8 Å². The molecular formula is C17H25NO. The highest BCUT2D eigenvalue weighted by Crippen LogP contribution is 2.26. The first-order valence-electron chi connectivity index (χ1n) is 7.54. The van der Waals surface area contributed by atoms with Gasteiger partial charge in [-0.15, -0.1) is 0 Å². The van der Waals surface area contributed by atoms with Crippen molar-refractivity contribution in [3.63, 3.8) is 0 Å². The van der Waals surface area contributed by atoms with Gasteiger partial charge >= 0.3 is 0 Å². The van der Waals surface area contributed by atoms with Crippen LogP contribution in [-0.2, 0) is 17.6 Å². The molecule has 1 aliphatic rings.